The van der Waals surface area contributed by atoms with Crippen LogP contribution in [0.15, 0.2) is 36.4 Å². The van der Waals surface area contributed by atoms with E-state index in [9.17, 15) is 9.59 Å². The van der Waals surface area contributed by atoms with Gasteiger partial charge in [-0.05, 0) is 44.0 Å². The second-order valence-corrected chi connectivity index (χ2v) is 6.56. The minimum atomic E-state index is -0.353. The minimum absolute atomic E-state index is 0.0956. The summed E-state index contributed by atoms with van der Waals surface area (Å²) in [5.41, 5.74) is 3.11. The number of nitriles is 1. The lowest BCUT2D eigenvalue weighted by Gasteiger charge is -2.19. The Bertz CT molecular complexity index is 914. The molecule has 0 aromatic heterocycles. The van der Waals surface area contributed by atoms with Gasteiger partial charge in [0.05, 0.1) is 24.8 Å². The van der Waals surface area contributed by atoms with Crippen LogP contribution in [0.4, 0.5) is 5.69 Å². The van der Waals surface area contributed by atoms with E-state index in [0.717, 1.165) is 16.8 Å². The number of carbonyl (C=O) groups is 2. The number of rotatable bonds is 8. The number of likely N-dealkylation sites (N-methyl/N-ethyl adjacent to an activating group) is 1. The van der Waals surface area contributed by atoms with Crippen molar-refractivity contribution in [2.45, 2.75) is 20.8 Å². The third kappa shape index (κ3) is 5.98. The number of aryl methyl sites for hydroxylation is 2. The summed E-state index contributed by atoms with van der Waals surface area (Å²) in [6.45, 7) is 5.70. The van der Waals surface area contributed by atoms with E-state index in [1.807, 2.05) is 45.0 Å². The summed E-state index contributed by atoms with van der Waals surface area (Å²) in [6.07, 6.45) is 0. The van der Waals surface area contributed by atoms with Gasteiger partial charge >= 0.3 is 0 Å². The lowest BCUT2D eigenvalue weighted by molar-refractivity contribution is -0.135. The molecule has 0 fully saturated rings. The van der Waals surface area contributed by atoms with Gasteiger partial charge in [-0.2, -0.15) is 5.26 Å². The van der Waals surface area contributed by atoms with E-state index < -0.39 is 0 Å². The van der Waals surface area contributed by atoms with Gasteiger partial charge in [0.1, 0.15) is 0 Å². The Morgan fingerprint density at radius 2 is 1.79 bits per heavy atom. The molecule has 1 N–H and O–H groups in total. The second-order valence-electron chi connectivity index (χ2n) is 6.56. The summed E-state index contributed by atoms with van der Waals surface area (Å²) in [7, 11) is 1.54. The zero-order valence-corrected chi connectivity index (χ0v) is 17.1. The van der Waals surface area contributed by atoms with E-state index in [1.54, 1.807) is 18.2 Å². The number of nitrogens with one attached hydrogen (secondary N) is 1. The quantitative estimate of drug-likeness (QED) is 0.742. The van der Waals surface area contributed by atoms with Crippen LogP contribution in [0.3, 0.4) is 0 Å². The molecule has 0 aliphatic carbocycles. The highest BCUT2D eigenvalue weighted by Crippen LogP contribution is 2.28. The van der Waals surface area contributed by atoms with Gasteiger partial charge in [0.15, 0.2) is 18.1 Å². The van der Waals surface area contributed by atoms with Gasteiger partial charge in [-0.3, -0.25) is 9.59 Å². The molecule has 2 aromatic rings. The molecule has 2 aromatic carbocycles. The van der Waals surface area contributed by atoms with Crippen molar-refractivity contribution >= 4 is 17.5 Å². The smallest absolute Gasteiger partial charge is 0.260 e. The molecule has 2 amide bonds. The number of amides is 2. The van der Waals surface area contributed by atoms with Gasteiger partial charge in [0.2, 0.25) is 5.91 Å². The first kappa shape index (κ1) is 21.8. The molecule has 0 aliphatic heterocycles. The zero-order valence-electron chi connectivity index (χ0n) is 17.1. The maximum absolute atomic E-state index is 12.4. The molecule has 0 unspecified atom stereocenters. The number of benzene rings is 2. The molecule has 0 spiro atoms. The standard InChI is InChI=1S/C22H25N3O4/c1-5-28-19-11-17(12-23)9-10-18(19)29-14-21(27)25(4)13-20(26)24-22-15(2)7-6-8-16(22)3/h6-11H,5,13-14H2,1-4H3,(H,24,26). The van der Waals surface area contributed by atoms with Gasteiger partial charge in [0, 0.05) is 18.8 Å². The van der Waals surface area contributed by atoms with Crippen LogP contribution in [0.2, 0.25) is 0 Å². The monoisotopic (exact) mass is 395 g/mol. The molecule has 0 aliphatic rings. The number of hydrogen-bond acceptors (Lipinski definition) is 5. The highest BCUT2D eigenvalue weighted by Gasteiger charge is 2.16. The van der Waals surface area contributed by atoms with Crippen LogP contribution >= 0.6 is 0 Å². The predicted molar refractivity (Wildman–Crippen MR) is 110 cm³/mol. The summed E-state index contributed by atoms with van der Waals surface area (Å²) in [4.78, 5) is 26.0. The van der Waals surface area contributed by atoms with Gasteiger partial charge in [-0.25, -0.2) is 0 Å². The van der Waals surface area contributed by atoms with Crippen LogP contribution in [-0.4, -0.2) is 43.5 Å². The molecule has 0 bridgehead atoms. The van der Waals surface area contributed by atoms with E-state index in [4.69, 9.17) is 14.7 Å². The molecule has 0 atom stereocenters. The molecular weight excluding hydrogens is 370 g/mol. The van der Waals surface area contributed by atoms with Gasteiger partial charge < -0.3 is 19.7 Å². The van der Waals surface area contributed by atoms with Crippen LogP contribution in [0.25, 0.3) is 0 Å². The summed E-state index contributed by atoms with van der Waals surface area (Å²) in [5, 5.41) is 11.8. The topological polar surface area (TPSA) is 91.7 Å². The summed E-state index contributed by atoms with van der Waals surface area (Å²) in [6, 6.07) is 12.5. The van der Waals surface area contributed by atoms with Gasteiger partial charge in [0.25, 0.3) is 5.91 Å². The molecule has 7 nitrogen and oxygen atoms in total. The number of anilines is 1. The maximum atomic E-state index is 12.4. The number of hydrogen-bond donors (Lipinski definition) is 1. The van der Waals surface area contributed by atoms with Crippen LogP contribution in [-0.2, 0) is 9.59 Å². The molecule has 0 saturated carbocycles. The lowest BCUT2D eigenvalue weighted by Crippen LogP contribution is -2.37. The molecule has 0 radical (unpaired) electrons. The number of carbonyl (C=O) groups excluding carboxylic acids is 2. The molecule has 0 heterocycles. The van der Waals surface area contributed by atoms with Crippen molar-refractivity contribution < 1.29 is 19.1 Å². The van der Waals surface area contributed by atoms with Crippen molar-refractivity contribution in [1.82, 2.24) is 4.90 Å². The lowest BCUT2D eigenvalue weighted by atomic mass is 10.1. The average Bonchev–Trinajstić information content (AvgIpc) is 2.69. The number of ether oxygens (including phenoxy) is 2. The molecular formula is C22H25N3O4. The zero-order chi connectivity index (χ0) is 21.4. The molecule has 2 rings (SSSR count). The first-order chi connectivity index (χ1) is 13.8. The first-order valence-electron chi connectivity index (χ1n) is 9.25. The molecule has 29 heavy (non-hydrogen) atoms. The Morgan fingerprint density at radius 3 is 2.41 bits per heavy atom. The maximum Gasteiger partial charge on any atom is 0.260 e. The van der Waals surface area contributed by atoms with Crippen molar-refractivity contribution in [3.63, 3.8) is 0 Å². The fraction of sp³-hybridized carbons (Fsp3) is 0.318. The Kier molecular flexibility index (Phi) is 7.61. The summed E-state index contributed by atoms with van der Waals surface area (Å²) in [5.74, 6) is 0.127. The summed E-state index contributed by atoms with van der Waals surface area (Å²) >= 11 is 0. The number of para-hydroxylation sites is 1. The van der Waals surface area contributed by atoms with Gasteiger partial charge in [-0.1, -0.05) is 18.2 Å². The summed E-state index contributed by atoms with van der Waals surface area (Å²) < 4.78 is 11.0. The fourth-order valence-corrected chi connectivity index (χ4v) is 2.71. The van der Waals surface area contributed by atoms with Crippen LogP contribution < -0.4 is 14.8 Å². The van der Waals surface area contributed by atoms with E-state index in [0.29, 0.717) is 23.7 Å². The highest BCUT2D eigenvalue weighted by atomic mass is 16.5. The predicted octanol–water partition coefficient (Wildman–Crippen LogP) is 3.05. The largest absolute Gasteiger partial charge is 0.490 e. The normalized spacial score (nSPS) is 10.0. The van der Waals surface area contributed by atoms with E-state index in [-0.39, 0.29) is 25.0 Å². The van der Waals surface area contributed by atoms with Crippen LogP contribution in [0.5, 0.6) is 11.5 Å². The van der Waals surface area contributed by atoms with E-state index in [1.165, 1.54) is 11.9 Å². The Balaban J connectivity index is 1.94. The second kappa shape index (κ2) is 10.1. The Morgan fingerprint density at radius 1 is 1.10 bits per heavy atom. The van der Waals surface area contributed by atoms with Crippen molar-refractivity contribution in [1.29, 1.82) is 5.26 Å². The molecule has 0 saturated heterocycles. The number of nitrogens with zero attached hydrogens (tertiary/aromatic N) is 2. The SMILES string of the molecule is CCOc1cc(C#N)ccc1OCC(=O)N(C)CC(=O)Nc1c(C)cccc1C. The Hall–Kier alpha value is -3.53. The average molecular weight is 395 g/mol. The minimum Gasteiger partial charge on any atom is -0.490 e. The Labute approximate surface area is 170 Å². The first-order valence-corrected chi connectivity index (χ1v) is 9.25. The van der Waals surface area contributed by atoms with E-state index >= 15 is 0 Å². The van der Waals surface area contributed by atoms with Crippen LogP contribution in [0.1, 0.15) is 23.6 Å². The molecule has 7 heteroatoms. The van der Waals surface area contributed by atoms with Crippen molar-refractivity contribution in [3.8, 4) is 17.6 Å². The third-order valence-corrected chi connectivity index (χ3v) is 4.28. The van der Waals surface area contributed by atoms with Crippen molar-refractivity contribution in [2.24, 2.45) is 0 Å². The van der Waals surface area contributed by atoms with Crippen molar-refractivity contribution in [3.05, 3.63) is 53.1 Å². The van der Waals surface area contributed by atoms with E-state index in [2.05, 4.69) is 5.32 Å². The highest BCUT2D eigenvalue weighted by molar-refractivity contribution is 5.95. The third-order valence-electron chi connectivity index (χ3n) is 4.28. The fourth-order valence-electron chi connectivity index (χ4n) is 2.71. The van der Waals surface area contributed by atoms with Crippen LogP contribution in [0, 0.1) is 25.2 Å². The molecule has 152 valence electrons. The van der Waals surface area contributed by atoms with Crippen molar-refractivity contribution in [2.75, 3.05) is 32.1 Å². The van der Waals surface area contributed by atoms with Gasteiger partial charge in [-0.15, -0.1) is 0 Å².